The molecule has 3 heteroatoms. The second-order valence-electron chi connectivity index (χ2n) is 5.61. The molecule has 0 spiro atoms. The molecule has 1 rings (SSSR count). The summed E-state index contributed by atoms with van der Waals surface area (Å²) >= 11 is 0. The first-order chi connectivity index (χ1) is 8.10. The number of aliphatic hydroxyl groups excluding tert-OH is 1. The maximum atomic E-state index is 12.0. The minimum atomic E-state index is 0.0316. The lowest BCUT2D eigenvalue weighted by molar-refractivity contribution is -0.128. The molecule has 1 amide bonds. The van der Waals surface area contributed by atoms with E-state index in [0.717, 1.165) is 24.7 Å². The third-order valence-electron chi connectivity index (χ3n) is 4.24. The number of amides is 1. The zero-order chi connectivity index (χ0) is 12.8. The summed E-state index contributed by atoms with van der Waals surface area (Å²) in [6.07, 6.45) is 4.45. The highest BCUT2D eigenvalue weighted by atomic mass is 16.3. The molecule has 2 N–H and O–H groups in total. The average Bonchev–Trinajstić information content (AvgIpc) is 2.34. The van der Waals surface area contributed by atoms with Gasteiger partial charge >= 0.3 is 0 Å². The standard InChI is InChI=1S/C14H27NO2/c1-4-11-9-12(10(2)3)5-6-13(11)14(17)15-7-8-16/h10-13,16H,4-9H2,1-3H3,(H,15,17). The van der Waals surface area contributed by atoms with Crippen molar-refractivity contribution in [2.75, 3.05) is 13.2 Å². The van der Waals surface area contributed by atoms with E-state index in [9.17, 15) is 4.79 Å². The molecular formula is C14H27NO2. The van der Waals surface area contributed by atoms with Crippen molar-refractivity contribution in [1.82, 2.24) is 5.32 Å². The summed E-state index contributed by atoms with van der Waals surface area (Å²) in [5.41, 5.74) is 0. The molecule has 1 aliphatic carbocycles. The summed E-state index contributed by atoms with van der Waals surface area (Å²) in [7, 11) is 0. The van der Waals surface area contributed by atoms with E-state index in [1.165, 1.54) is 12.8 Å². The smallest absolute Gasteiger partial charge is 0.223 e. The van der Waals surface area contributed by atoms with Crippen molar-refractivity contribution in [2.45, 2.75) is 46.5 Å². The second kappa shape index (κ2) is 7.00. The molecule has 0 bridgehead atoms. The lowest BCUT2D eigenvalue weighted by Gasteiger charge is -2.36. The lowest BCUT2D eigenvalue weighted by Crippen LogP contribution is -2.40. The van der Waals surface area contributed by atoms with Gasteiger partial charge in [0.2, 0.25) is 5.91 Å². The predicted molar refractivity (Wildman–Crippen MR) is 69.5 cm³/mol. The van der Waals surface area contributed by atoms with E-state index in [2.05, 4.69) is 26.1 Å². The van der Waals surface area contributed by atoms with E-state index in [0.29, 0.717) is 12.5 Å². The Hall–Kier alpha value is -0.570. The summed E-state index contributed by atoms with van der Waals surface area (Å²) in [5.74, 6) is 2.34. The molecule has 1 saturated carbocycles. The Morgan fingerprint density at radius 2 is 2.12 bits per heavy atom. The van der Waals surface area contributed by atoms with Crippen LogP contribution in [0.2, 0.25) is 0 Å². The van der Waals surface area contributed by atoms with Gasteiger partial charge in [0.05, 0.1) is 6.61 Å². The number of nitrogens with one attached hydrogen (secondary N) is 1. The number of aliphatic hydroxyl groups is 1. The molecule has 0 aromatic heterocycles. The van der Waals surface area contributed by atoms with Crippen molar-refractivity contribution >= 4 is 5.91 Å². The van der Waals surface area contributed by atoms with Crippen molar-refractivity contribution < 1.29 is 9.90 Å². The monoisotopic (exact) mass is 241 g/mol. The van der Waals surface area contributed by atoms with E-state index in [1.807, 2.05) is 0 Å². The summed E-state index contributed by atoms with van der Waals surface area (Å²) in [5, 5.41) is 11.6. The van der Waals surface area contributed by atoms with Gasteiger partial charge in [-0.25, -0.2) is 0 Å². The van der Waals surface area contributed by atoms with Gasteiger partial charge in [-0.3, -0.25) is 4.79 Å². The van der Waals surface area contributed by atoms with Crippen LogP contribution in [0.15, 0.2) is 0 Å². The van der Waals surface area contributed by atoms with Crippen molar-refractivity contribution in [3.8, 4) is 0 Å². The SMILES string of the molecule is CCC1CC(C(C)C)CCC1C(=O)NCCO. The van der Waals surface area contributed by atoms with Gasteiger partial charge in [-0.1, -0.05) is 27.2 Å². The summed E-state index contributed by atoms with van der Waals surface area (Å²) < 4.78 is 0. The summed E-state index contributed by atoms with van der Waals surface area (Å²) in [4.78, 5) is 12.0. The minimum absolute atomic E-state index is 0.0316. The van der Waals surface area contributed by atoms with Crippen LogP contribution in [-0.2, 0) is 4.79 Å². The molecule has 3 unspecified atom stereocenters. The highest BCUT2D eigenvalue weighted by molar-refractivity contribution is 5.79. The van der Waals surface area contributed by atoms with Gasteiger partial charge in [0.25, 0.3) is 0 Å². The van der Waals surface area contributed by atoms with Crippen LogP contribution in [0.3, 0.4) is 0 Å². The van der Waals surface area contributed by atoms with Gasteiger partial charge < -0.3 is 10.4 Å². The fraction of sp³-hybridized carbons (Fsp3) is 0.929. The fourth-order valence-corrected chi connectivity index (χ4v) is 3.01. The Labute approximate surface area is 105 Å². The molecule has 1 fully saturated rings. The Morgan fingerprint density at radius 3 is 2.65 bits per heavy atom. The first-order valence-corrected chi connectivity index (χ1v) is 6.98. The zero-order valence-electron chi connectivity index (χ0n) is 11.4. The number of hydrogen-bond donors (Lipinski definition) is 2. The lowest BCUT2D eigenvalue weighted by atomic mass is 9.69. The van der Waals surface area contributed by atoms with E-state index < -0.39 is 0 Å². The van der Waals surface area contributed by atoms with Crippen LogP contribution >= 0.6 is 0 Å². The Bertz CT molecular complexity index is 240. The van der Waals surface area contributed by atoms with Crippen LogP contribution in [0.25, 0.3) is 0 Å². The molecule has 0 heterocycles. The van der Waals surface area contributed by atoms with Crippen LogP contribution in [-0.4, -0.2) is 24.2 Å². The molecule has 17 heavy (non-hydrogen) atoms. The van der Waals surface area contributed by atoms with Gasteiger partial charge in [-0.15, -0.1) is 0 Å². The van der Waals surface area contributed by atoms with Crippen molar-refractivity contribution in [2.24, 2.45) is 23.7 Å². The molecular weight excluding hydrogens is 214 g/mol. The number of rotatable bonds is 5. The molecule has 3 nitrogen and oxygen atoms in total. The Kier molecular flexibility index (Phi) is 5.96. The number of carbonyl (C=O) groups is 1. The van der Waals surface area contributed by atoms with Gasteiger partial charge in [0.15, 0.2) is 0 Å². The van der Waals surface area contributed by atoms with Gasteiger partial charge in [0, 0.05) is 12.5 Å². The minimum Gasteiger partial charge on any atom is -0.395 e. The van der Waals surface area contributed by atoms with Gasteiger partial charge in [-0.2, -0.15) is 0 Å². The highest BCUT2D eigenvalue weighted by Gasteiger charge is 2.34. The Morgan fingerprint density at radius 1 is 1.41 bits per heavy atom. The predicted octanol–water partition coefficient (Wildman–Crippen LogP) is 2.19. The fourth-order valence-electron chi connectivity index (χ4n) is 3.01. The topological polar surface area (TPSA) is 49.3 Å². The third-order valence-corrected chi connectivity index (χ3v) is 4.24. The van der Waals surface area contributed by atoms with Crippen molar-refractivity contribution in [3.63, 3.8) is 0 Å². The maximum Gasteiger partial charge on any atom is 0.223 e. The largest absolute Gasteiger partial charge is 0.395 e. The van der Waals surface area contributed by atoms with E-state index in [4.69, 9.17) is 5.11 Å². The van der Waals surface area contributed by atoms with Crippen molar-refractivity contribution in [1.29, 1.82) is 0 Å². The molecule has 0 aliphatic heterocycles. The maximum absolute atomic E-state index is 12.0. The van der Waals surface area contributed by atoms with Gasteiger partial charge in [0.1, 0.15) is 0 Å². The first-order valence-electron chi connectivity index (χ1n) is 6.98. The molecule has 0 aromatic rings. The summed E-state index contributed by atoms with van der Waals surface area (Å²) in [6.45, 7) is 7.16. The molecule has 100 valence electrons. The zero-order valence-corrected chi connectivity index (χ0v) is 11.4. The van der Waals surface area contributed by atoms with Crippen LogP contribution < -0.4 is 5.32 Å². The van der Waals surface area contributed by atoms with Crippen LogP contribution in [0.4, 0.5) is 0 Å². The Balaban J connectivity index is 2.53. The van der Waals surface area contributed by atoms with Crippen molar-refractivity contribution in [3.05, 3.63) is 0 Å². The second-order valence-corrected chi connectivity index (χ2v) is 5.61. The summed E-state index contributed by atoms with van der Waals surface area (Å²) in [6, 6.07) is 0. The molecule has 0 aromatic carbocycles. The number of carbonyl (C=O) groups excluding carboxylic acids is 1. The molecule has 0 saturated heterocycles. The normalized spacial score (nSPS) is 29.4. The van der Waals surface area contributed by atoms with Crippen LogP contribution in [0, 0.1) is 23.7 Å². The molecule has 3 atom stereocenters. The van der Waals surface area contributed by atoms with Gasteiger partial charge in [-0.05, 0) is 37.0 Å². The van der Waals surface area contributed by atoms with E-state index in [-0.39, 0.29) is 18.4 Å². The molecule has 0 radical (unpaired) electrons. The third kappa shape index (κ3) is 3.98. The van der Waals surface area contributed by atoms with Crippen LogP contribution in [0.1, 0.15) is 46.5 Å². The first kappa shape index (κ1) is 14.5. The average molecular weight is 241 g/mol. The van der Waals surface area contributed by atoms with Crippen LogP contribution in [0.5, 0.6) is 0 Å². The molecule has 1 aliphatic rings. The highest BCUT2D eigenvalue weighted by Crippen LogP contribution is 2.39. The van der Waals surface area contributed by atoms with E-state index in [1.54, 1.807) is 0 Å². The quantitative estimate of drug-likeness (QED) is 0.775. The number of hydrogen-bond acceptors (Lipinski definition) is 2. The van der Waals surface area contributed by atoms with E-state index >= 15 is 0 Å².